The van der Waals surface area contributed by atoms with Gasteiger partial charge in [0.2, 0.25) is 0 Å². The molecule has 0 radical (unpaired) electrons. The molecule has 0 saturated heterocycles. The second kappa shape index (κ2) is 17.1. The van der Waals surface area contributed by atoms with Crippen LogP contribution in [0.3, 0.4) is 0 Å². The van der Waals surface area contributed by atoms with E-state index in [1.165, 1.54) is 5.57 Å². The van der Waals surface area contributed by atoms with E-state index in [1.807, 2.05) is 0 Å². The first-order valence-electron chi connectivity index (χ1n) is 19.2. The minimum Gasteiger partial charge on any atom is -0.435 e. The van der Waals surface area contributed by atoms with E-state index in [1.54, 1.807) is 41.5 Å². The molecular formula is C39H62O12. The fraction of sp³-hybridized carbons (Fsp3) is 0.846. The lowest BCUT2D eigenvalue weighted by Gasteiger charge is -2.60. The predicted octanol–water partition coefficient (Wildman–Crippen LogP) is 9.17. The highest BCUT2D eigenvalue weighted by molar-refractivity contribution is 5.62. The van der Waals surface area contributed by atoms with E-state index in [-0.39, 0.29) is 31.8 Å². The Morgan fingerprint density at radius 2 is 1.41 bits per heavy atom. The Kier molecular flexibility index (Phi) is 13.6. The Labute approximate surface area is 303 Å². The van der Waals surface area contributed by atoms with Gasteiger partial charge in [0.1, 0.15) is 23.9 Å². The Morgan fingerprint density at radius 1 is 0.804 bits per heavy atom. The maximum atomic E-state index is 12.8. The quantitative estimate of drug-likeness (QED) is 0.102. The van der Waals surface area contributed by atoms with E-state index < -0.39 is 53.9 Å². The lowest BCUT2D eigenvalue weighted by molar-refractivity contribution is -0.123. The van der Waals surface area contributed by atoms with Gasteiger partial charge in [-0.15, -0.1) is 0 Å². The highest BCUT2D eigenvalue weighted by atomic mass is 16.8. The molecule has 51 heavy (non-hydrogen) atoms. The topological polar surface area (TPSA) is 142 Å². The Hall–Kier alpha value is -3.18. The van der Waals surface area contributed by atoms with Crippen LogP contribution in [0.4, 0.5) is 19.2 Å². The van der Waals surface area contributed by atoms with Crippen molar-refractivity contribution in [3.05, 3.63) is 11.6 Å². The maximum absolute atomic E-state index is 12.8. The average molecular weight is 723 g/mol. The van der Waals surface area contributed by atoms with Crippen LogP contribution >= 0.6 is 0 Å². The number of hydrogen-bond donors (Lipinski definition) is 0. The number of carbonyl (C=O) groups excluding carboxylic acids is 4. The smallest absolute Gasteiger partial charge is 0.435 e. The summed E-state index contributed by atoms with van der Waals surface area (Å²) in [6, 6.07) is 0. The Morgan fingerprint density at radius 3 is 2.06 bits per heavy atom. The zero-order valence-electron chi connectivity index (χ0n) is 32.3. The van der Waals surface area contributed by atoms with Crippen LogP contribution in [0.5, 0.6) is 0 Å². The van der Waals surface area contributed by atoms with Crippen molar-refractivity contribution >= 4 is 24.6 Å². The Balaban J connectivity index is 1.51. The summed E-state index contributed by atoms with van der Waals surface area (Å²) < 4.78 is 43.5. The fourth-order valence-corrected chi connectivity index (χ4v) is 10.3. The maximum Gasteiger partial charge on any atom is 0.508 e. The van der Waals surface area contributed by atoms with Crippen molar-refractivity contribution in [3.8, 4) is 0 Å². The molecule has 0 heterocycles. The minimum absolute atomic E-state index is 0.110. The van der Waals surface area contributed by atoms with E-state index in [4.69, 9.17) is 37.9 Å². The first kappa shape index (κ1) is 40.6. The first-order chi connectivity index (χ1) is 24.1. The van der Waals surface area contributed by atoms with Crippen molar-refractivity contribution < 1.29 is 57.1 Å². The van der Waals surface area contributed by atoms with Gasteiger partial charge in [0.25, 0.3) is 0 Å². The molecule has 0 aliphatic heterocycles. The molecule has 3 saturated carbocycles. The van der Waals surface area contributed by atoms with Crippen molar-refractivity contribution in [2.45, 2.75) is 144 Å². The van der Waals surface area contributed by atoms with Gasteiger partial charge in [0, 0.05) is 18.3 Å². The van der Waals surface area contributed by atoms with Gasteiger partial charge in [-0.05, 0) is 121 Å². The third-order valence-corrected chi connectivity index (χ3v) is 12.7. The summed E-state index contributed by atoms with van der Waals surface area (Å²) in [6.07, 6.45) is 5.13. The molecule has 0 N–H and O–H groups in total. The molecule has 0 aromatic carbocycles. The van der Waals surface area contributed by atoms with Gasteiger partial charge in [0.15, 0.2) is 0 Å². The van der Waals surface area contributed by atoms with Crippen LogP contribution in [0.1, 0.15) is 120 Å². The van der Waals surface area contributed by atoms with Crippen molar-refractivity contribution in [1.29, 1.82) is 0 Å². The lowest BCUT2D eigenvalue weighted by Crippen LogP contribution is -2.57. The van der Waals surface area contributed by atoms with Crippen LogP contribution in [0, 0.1) is 40.4 Å². The molecule has 12 heteroatoms. The minimum atomic E-state index is -1.12. The molecule has 290 valence electrons. The number of ether oxygens (including phenoxy) is 8. The molecule has 0 aromatic heterocycles. The van der Waals surface area contributed by atoms with Gasteiger partial charge in [-0.25, -0.2) is 19.2 Å². The largest absolute Gasteiger partial charge is 0.508 e. The molecule has 4 aliphatic rings. The molecule has 1 unspecified atom stereocenters. The van der Waals surface area contributed by atoms with Gasteiger partial charge in [0.05, 0.1) is 26.4 Å². The van der Waals surface area contributed by atoms with E-state index in [0.717, 1.165) is 38.5 Å². The van der Waals surface area contributed by atoms with E-state index >= 15 is 0 Å². The highest BCUT2D eigenvalue weighted by Gasteiger charge is 2.62. The lowest BCUT2D eigenvalue weighted by atomic mass is 9.46. The second-order valence-corrected chi connectivity index (χ2v) is 15.7. The van der Waals surface area contributed by atoms with Crippen LogP contribution in [-0.2, 0) is 37.9 Å². The standard InChI is InChI=1S/C39H62O12/c1-10-44-33(40)48-26-22-25-15-16-27-29-18-17-28(38(29,8)21-20-30(27)39(25,9)32(23-26)50-35(42)46-12-3)24(5)14-19-31(49-34(41)45-11-2)37(6,7)51-36(43)47-13-4/h15,24,26-32H,10-14,16-23H2,1-9H3/t24-,26-,27+,28-,29+,30+,31?,32+,38-,39+/m1/s1. The predicted molar refractivity (Wildman–Crippen MR) is 187 cm³/mol. The zero-order chi connectivity index (χ0) is 37.6. The van der Waals surface area contributed by atoms with Crippen molar-refractivity contribution in [3.63, 3.8) is 0 Å². The summed E-state index contributed by atoms with van der Waals surface area (Å²) in [5.41, 5.74) is -0.232. The average Bonchev–Trinajstić information content (AvgIpc) is 3.41. The Bertz CT molecular complexity index is 1260. The van der Waals surface area contributed by atoms with E-state index in [9.17, 15) is 19.2 Å². The third-order valence-electron chi connectivity index (χ3n) is 12.7. The third kappa shape index (κ3) is 8.90. The van der Waals surface area contributed by atoms with Gasteiger partial charge in [-0.2, -0.15) is 0 Å². The number of allylic oxidation sites excluding steroid dienone is 1. The van der Waals surface area contributed by atoms with Gasteiger partial charge < -0.3 is 37.9 Å². The molecule has 0 spiro atoms. The van der Waals surface area contributed by atoms with Crippen LogP contribution in [0.2, 0.25) is 0 Å². The molecule has 0 bridgehead atoms. The number of fused-ring (bicyclic) bond motifs is 5. The molecule has 10 atom stereocenters. The van der Waals surface area contributed by atoms with Crippen LogP contribution < -0.4 is 0 Å². The number of rotatable bonds is 13. The van der Waals surface area contributed by atoms with Gasteiger partial charge >= 0.3 is 24.6 Å². The van der Waals surface area contributed by atoms with Crippen LogP contribution in [0.25, 0.3) is 0 Å². The van der Waals surface area contributed by atoms with Crippen molar-refractivity contribution in [2.24, 2.45) is 40.4 Å². The highest BCUT2D eigenvalue weighted by Crippen LogP contribution is 2.67. The summed E-state index contributed by atoms with van der Waals surface area (Å²) in [6.45, 7) is 18.2. The van der Waals surface area contributed by atoms with Crippen LogP contribution in [0.15, 0.2) is 11.6 Å². The summed E-state index contributed by atoms with van der Waals surface area (Å²) in [7, 11) is 0. The summed E-state index contributed by atoms with van der Waals surface area (Å²) in [4.78, 5) is 49.7. The zero-order valence-corrected chi connectivity index (χ0v) is 32.3. The normalized spacial score (nSPS) is 32.4. The van der Waals surface area contributed by atoms with Crippen LogP contribution in [-0.4, -0.2) is 75.0 Å². The van der Waals surface area contributed by atoms with Gasteiger partial charge in [-0.3, -0.25) is 0 Å². The monoisotopic (exact) mass is 722 g/mol. The van der Waals surface area contributed by atoms with Crippen molar-refractivity contribution in [2.75, 3.05) is 26.4 Å². The molecule has 4 aliphatic carbocycles. The molecule has 0 amide bonds. The van der Waals surface area contributed by atoms with Gasteiger partial charge in [-0.1, -0.05) is 32.4 Å². The van der Waals surface area contributed by atoms with Crippen molar-refractivity contribution in [1.82, 2.24) is 0 Å². The summed E-state index contributed by atoms with van der Waals surface area (Å²) >= 11 is 0. The number of carbonyl (C=O) groups is 4. The number of hydrogen-bond acceptors (Lipinski definition) is 12. The van der Waals surface area contributed by atoms with E-state index in [2.05, 4.69) is 26.8 Å². The fourth-order valence-electron chi connectivity index (χ4n) is 10.3. The first-order valence-corrected chi connectivity index (χ1v) is 19.2. The SMILES string of the molecule is CCOC(=O)OC(CC[C@@H](C)[C@H]1CC[C@H]2[C@@H]3CC=C4C[C@@H](OC(=O)OCC)C[C@H](OC(=O)OCC)[C@]4(C)[C@H]3CC[C@]12C)C(C)(C)OC(=O)OCC. The molecule has 3 fully saturated rings. The molecular weight excluding hydrogens is 660 g/mol. The second-order valence-electron chi connectivity index (χ2n) is 15.7. The molecule has 12 nitrogen and oxygen atoms in total. The summed E-state index contributed by atoms with van der Waals surface area (Å²) in [5.74, 6) is 1.99. The molecule has 4 rings (SSSR count). The molecule has 0 aromatic rings. The van der Waals surface area contributed by atoms with E-state index in [0.29, 0.717) is 48.9 Å². The summed E-state index contributed by atoms with van der Waals surface area (Å²) in [5, 5.41) is 0.